The van der Waals surface area contributed by atoms with Gasteiger partial charge in [-0.1, -0.05) is 13.3 Å². The van der Waals surface area contributed by atoms with E-state index in [1.54, 1.807) is 6.92 Å². The summed E-state index contributed by atoms with van der Waals surface area (Å²) in [4.78, 5) is 10.9. The second-order valence-electron chi connectivity index (χ2n) is 3.34. The summed E-state index contributed by atoms with van der Waals surface area (Å²) in [7, 11) is 0. The highest BCUT2D eigenvalue weighted by Gasteiger charge is 2.15. The molecule has 2 atom stereocenters. The molecule has 14 heavy (non-hydrogen) atoms. The summed E-state index contributed by atoms with van der Waals surface area (Å²) in [5, 5.41) is 18.7. The summed E-state index contributed by atoms with van der Waals surface area (Å²) in [6.07, 6.45) is 0.411. The number of hydrogen-bond acceptors (Lipinski definition) is 4. The van der Waals surface area contributed by atoms with Crippen LogP contribution in [0.5, 0.6) is 0 Å². The zero-order valence-electron chi connectivity index (χ0n) is 8.90. The number of esters is 1. The van der Waals surface area contributed by atoms with Crippen molar-refractivity contribution in [2.24, 2.45) is 0 Å². The monoisotopic (exact) mass is 204 g/mol. The molecule has 4 nitrogen and oxygen atoms in total. The van der Waals surface area contributed by atoms with Gasteiger partial charge in [-0.2, -0.15) is 0 Å². The fourth-order valence-corrected chi connectivity index (χ4v) is 1.26. The number of aliphatic hydroxyl groups excluding tert-OH is 2. The van der Waals surface area contributed by atoms with E-state index in [0.717, 1.165) is 6.42 Å². The van der Waals surface area contributed by atoms with Crippen molar-refractivity contribution in [1.82, 2.24) is 0 Å². The fourth-order valence-electron chi connectivity index (χ4n) is 1.26. The van der Waals surface area contributed by atoms with Crippen molar-refractivity contribution in [1.29, 1.82) is 0 Å². The van der Waals surface area contributed by atoms with Crippen molar-refractivity contribution < 1.29 is 19.7 Å². The molecule has 0 aromatic heterocycles. The van der Waals surface area contributed by atoms with Crippen LogP contribution >= 0.6 is 0 Å². The first-order valence-corrected chi connectivity index (χ1v) is 5.11. The fraction of sp³-hybridized carbons (Fsp3) is 0.900. The minimum Gasteiger partial charge on any atom is -0.466 e. The third-order valence-corrected chi connectivity index (χ3v) is 1.87. The third-order valence-electron chi connectivity index (χ3n) is 1.87. The molecule has 0 heterocycles. The van der Waals surface area contributed by atoms with Crippen LogP contribution in [-0.4, -0.2) is 35.0 Å². The second-order valence-corrected chi connectivity index (χ2v) is 3.34. The maximum absolute atomic E-state index is 10.9. The molecule has 0 rings (SSSR count). The van der Waals surface area contributed by atoms with Crippen molar-refractivity contribution in [2.75, 3.05) is 6.61 Å². The third kappa shape index (κ3) is 6.86. The number of rotatable bonds is 7. The number of carbonyl (C=O) groups is 1. The van der Waals surface area contributed by atoms with Gasteiger partial charge in [-0.3, -0.25) is 4.79 Å². The number of aliphatic hydroxyl groups is 2. The Morgan fingerprint density at radius 3 is 2.43 bits per heavy atom. The molecule has 0 radical (unpaired) electrons. The largest absolute Gasteiger partial charge is 0.466 e. The van der Waals surface area contributed by atoms with Gasteiger partial charge in [-0.15, -0.1) is 0 Å². The summed E-state index contributed by atoms with van der Waals surface area (Å²) >= 11 is 0. The lowest BCUT2D eigenvalue weighted by Crippen LogP contribution is -2.21. The van der Waals surface area contributed by atoms with Crippen LogP contribution in [-0.2, 0) is 9.53 Å². The minimum absolute atomic E-state index is 0.0331. The van der Waals surface area contributed by atoms with Crippen LogP contribution in [0.1, 0.15) is 39.5 Å². The Hall–Kier alpha value is -0.610. The lowest BCUT2D eigenvalue weighted by molar-refractivity contribution is -0.145. The average Bonchev–Trinajstić information content (AvgIpc) is 2.03. The van der Waals surface area contributed by atoms with E-state index in [2.05, 4.69) is 4.74 Å². The highest BCUT2D eigenvalue weighted by atomic mass is 16.5. The van der Waals surface area contributed by atoms with Crippen LogP contribution in [0.15, 0.2) is 0 Å². The zero-order valence-corrected chi connectivity index (χ0v) is 8.90. The normalized spacial score (nSPS) is 14.9. The Balaban J connectivity index is 3.63. The van der Waals surface area contributed by atoms with Crippen LogP contribution in [0.3, 0.4) is 0 Å². The van der Waals surface area contributed by atoms with E-state index < -0.39 is 18.2 Å². The second kappa shape index (κ2) is 7.76. The molecule has 0 saturated heterocycles. The molecule has 0 aromatic rings. The Morgan fingerprint density at radius 1 is 1.29 bits per heavy atom. The summed E-state index contributed by atoms with van der Waals surface area (Å²) < 4.78 is 4.67. The van der Waals surface area contributed by atoms with Crippen LogP contribution in [0.25, 0.3) is 0 Å². The predicted octanol–water partition coefficient (Wildman–Crippen LogP) is 0.852. The van der Waals surface area contributed by atoms with E-state index in [-0.39, 0.29) is 12.8 Å². The highest BCUT2D eigenvalue weighted by molar-refractivity contribution is 5.69. The number of hydrogen-bond donors (Lipinski definition) is 2. The maximum atomic E-state index is 10.9. The Kier molecular flexibility index (Phi) is 7.42. The molecule has 0 aromatic carbocycles. The van der Waals surface area contributed by atoms with Crippen LogP contribution in [0, 0.1) is 0 Å². The van der Waals surface area contributed by atoms with E-state index in [9.17, 15) is 15.0 Å². The van der Waals surface area contributed by atoms with Crippen LogP contribution in [0.2, 0.25) is 0 Å². The molecule has 0 aliphatic heterocycles. The molecular weight excluding hydrogens is 184 g/mol. The van der Waals surface area contributed by atoms with Crippen molar-refractivity contribution in [3.05, 3.63) is 0 Å². The summed E-state index contributed by atoms with van der Waals surface area (Å²) in [6, 6.07) is 0. The Morgan fingerprint density at radius 2 is 1.93 bits per heavy atom. The molecule has 0 unspecified atom stereocenters. The van der Waals surface area contributed by atoms with Crippen LogP contribution in [0.4, 0.5) is 0 Å². The van der Waals surface area contributed by atoms with Crippen molar-refractivity contribution in [3.63, 3.8) is 0 Å². The predicted molar refractivity (Wildman–Crippen MR) is 52.8 cm³/mol. The van der Waals surface area contributed by atoms with E-state index in [0.29, 0.717) is 13.0 Å². The van der Waals surface area contributed by atoms with E-state index in [4.69, 9.17) is 0 Å². The maximum Gasteiger partial charge on any atom is 0.308 e. The Bertz CT molecular complexity index is 158. The van der Waals surface area contributed by atoms with Gasteiger partial charge in [0.15, 0.2) is 0 Å². The minimum atomic E-state index is -0.796. The SMILES string of the molecule is CCC[C@@H](O)C[C@@H](O)CC(=O)OCC. The highest BCUT2D eigenvalue weighted by Crippen LogP contribution is 2.08. The van der Waals surface area contributed by atoms with Gasteiger partial charge >= 0.3 is 5.97 Å². The van der Waals surface area contributed by atoms with Gasteiger partial charge in [0.2, 0.25) is 0 Å². The molecule has 0 bridgehead atoms. The van der Waals surface area contributed by atoms with Crippen LogP contribution < -0.4 is 0 Å². The number of carbonyl (C=O) groups excluding carboxylic acids is 1. The van der Waals surface area contributed by atoms with E-state index >= 15 is 0 Å². The van der Waals surface area contributed by atoms with Gasteiger partial charge in [0.25, 0.3) is 0 Å². The number of ether oxygens (including phenoxy) is 1. The molecule has 0 fully saturated rings. The molecule has 0 saturated carbocycles. The molecule has 2 N–H and O–H groups in total. The summed E-state index contributed by atoms with van der Waals surface area (Å²) in [6.45, 7) is 4.00. The van der Waals surface area contributed by atoms with Gasteiger partial charge in [-0.05, 0) is 19.8 Å². The van der Waals surface area contributed by atoms with E-state index in [1.165, 1.54) is 0 Å². The van der Waals surface area contributed by atoms with Gasteiger partial charge in [0.05, 0.1) is 25.2 Å². The average molecular weight is 204 g/mol. The zero-order chi connectivity index (χ0) is 11.0. The first kappa shape index (κ1) is 13.4. The van der Waals surface area contributed by atoms with Gasteiger partial charge in [-0.25, -0.2) is 0 Å². The molecule has 0 spiro atoms. The molecule has 0 aliphatic rings. The topological polar surface area (TPSA) is 66.8 Å². The van der Waals surface area contributed by atoms with Crippen molar-refractivity contribution in [3.8, 4) is 0 Å². The molecule has 4 heteroatoms. The molecule has 0 amide bonds. The van der Waals surface area contributed by atoms with Crippen molar-refractivity contribution >= 4 is 5.97 Å². The standard InChI is InChI=1S/C10H20O4/c1-3-5-8(11)6-9(12)7-10(13)14-4-2/h8-9,11-12H,3-7H2,1-2H3/t8-,9-/m1/s1. The van der Waals surface area contributed by atoms with Gasteiger partial charge < -0.3 is 14.9 Å². The van der Waals surface area contributed by atoms with E-state index in [1.807, 2.05) is 6.92 Å². The smallest absolute Gasteiger partial charge is 0.308 e. The van der Waals surface area contributed by atoms with Gasteiger partial charge in [0, 0.05) is 0 Å². The molecule has 0 aliphatic carbocycles. The molecular formula is C10H20O4. The first-order valence-electron chi connectivity index (χ1n) is 5.11. The first-order chi connectivity index (χ1) is 6.60. The summed E-state index contributed by atoms with van der Waals surface area (Å²) in [5.41, 5.74) is 0. The van der Waals surface area contributed by atoms with Gasteiger partial charge in [0.1, 0.15) is 0 Å². The quantitative estimate of drug-likeness (QED) is 0.603. The lowest BCUT2D eigenvalue weighted by Gasteiger charge is -2.14. The Labute approximate surface area is 84.9 Å². The summed E-state index contributed by atoms with van der Waals surface area (Å²) in [5.74, 6) is -0.413. The molecule has 84 valence electrons. The van der Waals surface area contributed by atoms with Crippen molar-refractivity contribution in [2.45, 2.75) is 51.7 Å². The lowest BCUT2D eigenvalue weighted by atomic mass is 10.1.